The van der Waals surface area contributed by atoms with Gasteiger partial charge in [-0.15, -0.1) is 0 Å². The highest BCUT2D eigenvalue weighted by Gasteiger charge is 2.15. The van der Waals surface area contributed by atoms with Gasteiger partial charge in [-0.25, -0.2) is 8.42 Å². The highest BCUT2D eigenvalue weighted by atomic mass is 79.9. The van der Waals surface area contributed by atoms with E-state index in [1.807, 2.05) is 19.9 Å². The maximum Gasteiger partial charge on any atom is 0.261 e. The van der Waals surface area contributed by atoms with E-state index >= 15 is 0 Å². The van der Waals surface area contributed by atoms with Gasteiger partial charge in [0, 0.05) is 21.4 Å². The maximum absolute atomic E-state index is 12.7. The third kappa shape index (κ3) is 6.77. The van der Waals surface area contributed by atoms with E-state index in [1.54, 1.807) is 48.5 Å². The predicted octanol–water partition coefficient (Wildman–Crippen LogP) is 5.08. The number of nitrogens with one attached hydrogen (secondary N) is 3. The Hall–Kier alpha value is -2.95. The molecule has 0 fully saturated rings. The second-order valence-electron chi connectivity index (χ2n) is 6.96. The summed E-state index contributed by atoms with van der Waals surface area (Å²) < 4.78 is 34.0. The van der Waals surface area contributed by atoms with Gasteiger partial charge in [0.25, 0.3) is 15.9 Å². The molecule has 10 heteroatoms. The van der Waals surface area contributed by atoms with Crippen LogP contribution in [-0.2, 0) is 10.0 Å². The number of hydrogen-bond acceptors (Lipinski definition) is 5. The van der Waals surface area contributed by atoms with Crippen molar-refractivity contribution in [3.8, 4) is 5.75 Å². The van der Waals surface area contributed by atoms with Crippen LogP contribution in [0.2, 0.25) is 0 Å². The second-order valence-corrected chi connectivity index (χ2v) is 9.90. The molecule has 0 atom stereocenters. The number of benzene rings is 3. The van der Waals surface area contributed by atoms with Gasteiger partial charge in [0.05, 0.1) is 11.5 Å². The summed E-state index contributed by atoms with van der Waals surface area (Å²) in [7, 11) is -3.77. The number of ether oxygens (including phenoxy) is 1. The van der Waals surface area contributed by atoms with E-state index in [1.165, 1.54) is 12.1 Å². The van der Waals surface area contributed by atoms with Crippen molar-refractivity contribution in [1.29, 1.82) is 0 Å². The molecule has 3 aromatic carbocycles. The molecule has 0 saturated heterocycles. The predicted molar refractivity (Wildman–Crippen MR) is 137 cm³/mol. The van der Waals surface area contributed by atoms with Crippen LogP contribution in [0.25, 0.3) is 0 Å². The van der Waals surface area contributed by atoms with Gasteiger partial charge in [-0.3, -0.25) is 14.8 Å². The first-order chi connectivity index (χ1) is 15.7. The van der Waals surface area contributed by atoms with E-state index in [2.05, 4.69) is 31.3 Å². The van der Waals surface area contributed by atoms with Gasteiger partial charge in [0.15, 0.2) is 5.11 Å². The van der Waals surface area contributed by atoms with Gasteiger partial charge < -0.3 is 10.1 Å². The molecule has 3 aromatic rings. The van der Waals surface area contributed by atoms with Crippen LogP contribution >= 0.6 is 28.1 Å². The Morgan fingerprint density at radius 3 is 2.24 bits per heavy atom. The summed E-state index contributed by atoms with van der Waals surface area (Å²) in [5.74, 6) is 0.306. The first-order valence-corrected chi connectivity index (χ1v) is 12.6. The molecule has 0 radical (unpaired) electrons. The molecular formula is C23H22BrN3O4S2. The Bertz CT molecular complexity index is 1260. The number of aryl methyl sites for hydroxylation is 1. The van der Waals surface area contributed by atoms with Crippen LogP contribution in [0.1, 0.15) is 22.8 Å². The third-order valence-corrected chi connectivity index (χ3v) is 6.96. The van der Waals surface area contributed by atoms with Crippen molar-refractivity contribution in [2.45, 2.75) is 18.7 Å². The molecule has 7 nitrogen and oxygen atoms in total. The fourth-order valence-electron chi connectivity index (χ4n) is 2.79. The SMILES string of the molecule is CCOc1ccc(NS(=O)(=O)c2ccc(NC(=S)NC(=O)c3ccc(C)c(Br)c3)cc2)cc1. The highest BCUT2D eigenvalue weighted by Crippen LogP contribution is 2.21. The normalized spacial score (nSPS) is 10.9. The number of rotatable bonds is 7. The molecule has 3 rings (SSSR count). The van der Waals surface area contributed by atoms with Crippen molar-refractivity contribution in [3.05, 3.63) is 82.3 Å². The van der Waals surface area contributed by atoms with Crippen LogP contribution in [0.5, 0.6) is 5.75 Å². The van der Waals surface area contributed by atoms with E-state index in [9.17, 15) is 13.2 Å². The lowest BCUT2D eigenvalue weighted by molar-refractivity contribution is 0.0977. The minimum Gasteiger partial charge on any atom is -0.494 e. The summed E-state index contributed by atoms with van der Waals surface area (Å²) in [5.41, 5.74) is 2.43. The van der Waals surface area contributed by atoms with E-state index in [-0.39, 0.29) is 15.9 Å². The molecule has 0 unspecified atom stereocenters. The number of halogens is 1. The van der Waals surface area contributed by atoms with E-state index in [0.717, 1.165) is 10.0 Å². The molecule has 0 aliphatic rings. The van der Waals surface area contributed by atoms with Crippen molar-refractivity contribution in [1.82, 2.24) is 5.32 Å². The topological polar surface area (TPSA) is 96.5 Å². The summed E-state index contributed by atoms with van der Waals surface area (Å²) in [6.07, 6.45) is 0. The minimum atomic E-state index is -3.77. The van der Waals surface area contributed by atoms with Crippen molar-refractivity contribution in [2.75, 3.05) is 16.6 Å². The van der Waals surface area contributed by atoms with Gasteiger partial charge >= 0.3 is 0 Å². The van der Waals surface area contributed by atoms with Crippen molar-refractivity contribution < 1.29 is 17.9 Å². The fourth-order valence-corrected chi connectivity index (χ4v) is 4.44. The molecule has 172 valence electrons. The lowest BCUT2D eigenvalue weighted by Gasteiger charge is -2.12. The van der Waals surface area contributed by atoms with Crippen LogP contribution in [0.15, 0.2) is 76.1 Å². The van der Waals surface area contributed by atoms with E-state index in [4.69, 9.17) is 17.0 Å². The molecule has 0 aliphatic carbocycles. The fraction of sp³-hybridized carbons (Fsp3) is 0.130. The largest absolute Gasteiger partial charge is 0.494 e. The Morgan fingerprint density at radius 1 is 1.00 bits per heavy atom. The molecule has 3 N–H and O–H groups in total. The number of sulfonamides is 1. The van der Waals surface area contributed by atoms with E-state index < -0.39 is 10.0 Å². The molecule has 0 aromatic heterocycles. The zero-order valence-electron chi connectivity index (χ0n) is 17.9. The van der Waals surface area contributed by atoms with Crippen LogP contribution in [0.4, 0.5) is 11.4 Å². The first-order valence-electron chi connectivity index (χ1n) is 9.92. The molecule has 0 saturated carbocycles. The second kappa shape index (κ2) is 10.8. The zero-order chi connectivity index (χ0) is 24.0. The summed E-state index contributed by atoms with van der Waals surface area (Å²) in [4.78, 5) is 12.5. The Kier molecular flexibility index (Phi) is 8.06. The molecule has 0 spiro atoms. The van der Waals surface area contributed by atoms with Crippen LogP contribution in [-0.4, -0.2) is 26.0 Å². The number of hydrogen-bond donors (Lipinski definition) is 3. The van der Waals surface area contributed by atoms with Gasteiger partial charge in [-0.2, -0.15) is 0 Å². The molecule has 0 aliphatic heterocycles. The third-order valence-electron chi connectivity index (χ3n) is 4.50. The number of carbonyl (C=O) groups is 1. The zero-order valence-corrected chi connectivity index (χ0v) is 21.1. The average Bonchev–Trinajstić information content (AvgIpc) is 2.77. The number of carbonyl (C=O) groups excluding carboxylic acids is 1. The Labute approximate surface area is 206 Å². The van der Waals surface area contributed by atoms with E-state index in [0.29, 0.717) is 29.3 Å². The van der Waals surface area contributed by atoms with Crippen LogP contribution < -0.4 is 20.1 Å². The lowest BCUT2D eigenvalue weighted by Crippen LogP contribution is -2.34. The first kappa shape index (κ1) is 24.7. The minimum absolute atomic E-state index is 0.0846. The Morgan fingerprint density at radius 2 is 1.64 bits per heavy atom. The van der Waals surface area contributed by atoms with Crippen molar-refractivity contribution >= 4 is 60.6 Å². The smallest absolute Gasteiger partial charge is 0.261 e. The summed E-state index contributed by atoms with van der Waals surface area (Å²) in [6.45, 7) is 4.33. The standard InChI is InChI=1S/C23H22BrN3O4S2/c1-3-31-19-10-6-18(7-11-19)27-33(29,30)20-12-8-17(9-13-20)25-23(32)26-22(28)16-5-4-15(2)21(24)14-16/h4-14,27H,3H2,1-2H3,(H2,25,26,28,32). The monoisotopic (exact) mass is 547 g/mol. The molecule has 1 amide bonds. The number of amides is 1. The quantitative estimate of drug-likeness (QED) is 0.357. The molecule has 33 heavy (non-hydrogen) atoms. The highest BCUT2D eigenvalue weighted by molar-refractivity contribution is 9.10. The summed E-state index contributed by atoms with van der Waals surface area (Å²) in [6, 6.07) is 17.9. The molecule has 0 bridgehead atoms. The summed E-state index contributed by atoms with van der Waals surface area (Å²) >= 11 is 8.60. The van der Waals surface area contributed by atoms with Gasteiger partial charge in [0.1, 0.15) is 5.75 Å². The van der Waals surface area contributed by atoms with Crippen molar-refractivity contribution in [3.63, 3.8) is 0 Å². The van der Waals surface area contributed by atoms with Crippen LogP contribution in [0.3, 0.4) is 0 Å². The lowest BCUT2D eigenvalue weighted by atomic mass is 10.1. The molecule has 0 heterocycles. The number of thiocarbonyl (C=S) groups is 1. The number of anilines is 2. The average molecular weight is 548 g/mol. The van der Waals surface area contributed by atoms with Gasteiger partial charge in [0.2, 0.25) is 0 Å². The Balaban J connectivity index is 1.61. The maximum atomic E-state index is 12.7. The molecular weight excluding hydrogens is 526 g/mol. The van der Waals surface area contributed by atoms with Gasteiger partial charge in [-0.05, 0) is 92.3 Å². The van der Waals surface area contributed by atoms with Crippen molar-refractivity contribution in [2.24, 2.45) is 0 Å². The van der Waals surface area contributed by atoms with Gasteiger partial charge in [-0.1, -0.05) is 22.0 Å². The van der Waals surface area contributed by atoms with Crippen LogP contribution in [0, 0.1) is 6.92 Å². The summed E-state index contributed by atoms with van der Waals surface area (Å²) in [5, 5.41) is 5.57.